The highest BCUT2D eigenvalue weighted by Gasteiger charge is 2.70. The maximum absolute atomic E-state index is 13.8. The van der Waals surface area contributed by atoms with E-state index in [1.165, 1.54) is 19.1 Å². The molecule has 1 saturated carbocycles. The van der Waals surface area contributed by atoms with Gasteiger partial charge in [0.1, 0.15) is 23.4 Å². The van der Waals surface area contributed by atoms with Gasteiger partial charge in [-0.05, 0) is 19.1 Å². The molecule has 1 aromatic rings. The molecule has 296 valence electrons. The van der Waals surface area contributed by atoms with Crippen LogP contribution < -0.4 is 0 Å². The Hall–Kier alpha value is -5.05. The zero-order valence-corrected chi connectivity index (χ0v) is 32.2. The van der Waals surface area contributed by atoms with Crippen molar-refractivity contribution in [2.45, 2.75) is 123 Å². The van der Waals surface area contributed by atoms with Crippen LogP contribution in [0.15, 0.2) is 54.6 Å². The molecule has 54 heavy (non-hydrogen) atoms. The maximum atomic E-state index is 13.8. The minimum atomic E-state index is -2.39. The molecule has 0 saturated heterocycles. The standard InChI is InChI=1S/C39H50O15/c1-20-17-18-37(9,10)35(52-26(7)44)32(50-24(5)42)31(49-23(4)41)21(2)30(48-22(3)40)29-34(53-36(46)28-15-13-12-14-16-28)38(11,54-27(8)45)19-39(29,47)33(20)51-25(6)43/h12-18,20,29-35,47H,2,19H2,1,3-11H3/t20-,29-,30-,31-,32+,33-,34+,35+,38+,39+/m0/s1. The summed E-state index contributed by atoms with van der Waals surface area (Å²) in [5, 5.41) is 13.2. The van der Waals surface area contributed by atoms with E-state index >= 15 is 0 Å². The highest BCUT2D eigenvalue weighted by Crippen LogP contribution is 2.54. The van der Waals surface area contributed by atoms with E-state index in [0.29, 0.717) is 0 Å². The van der Waals surface area contributed by atoms with Crippen molar-refractivity contribution >= 4 is 41.8 Å². The first-order chi connectivity index (χ1) is 24.9. The molecule has 3 rings (SSSR count). The van der Waals surface area contributed by atoms with Gasteiger partial charge in [-0.25, -0.2) is 4.79 Å². The molecule has 10 atom stereocenters. The van der Waals surface area contributed by atoms with Gasteiger partial charge in [0.25, 0.3) is 0 Å². The molecular weight excluding hydrogens is 708 g/mol. The Morgan fingerprint density at radius 1 is 0.667 bits per heavy atom. The zero-order valence-electron chi connectivity index (χ0n) is 32.2. The molecule has 0 heterocycles. The highest BCUT2D eigenvalue weighted by atomic mass is 16.6. The van der Waals surface area contributed by atoms with Gasteiger partial charge in [0.2, 0.25) is 0 Å². The van der Waals surface area contributed by atoms with E-state index < -0.39 is 113 Å². The third-order valence-corrected chi connectivity index (χ3v) is 9.42. The fourth-order valence-corrected chi connectivity index (χ4v) is 7.50. The van der Waals surface area contributed by atoms with E-state index in [-0.39, 0.29) is 11.1 Å². The molecule has 2 aliphatic carbocycles. The van der Waals surface area contributed by atoms with Gasteiger partial charge in [-0.2, -0.15) is 0 Å². The van der Waals surface area contributed by atoms with Gasteiger partial charge in [0.05, 0.1) is 11.5 Å². The predicted molar refractivity (Wildman–Crippen MR) is 188 cm³/mol. The van der Waals surface area contributed by atoms with Gasteiger partial charge in [-0.15, -0.1) is 0 Å². The first kappa shape index (κ1) is 43.4. The summed E-state index contributed by atoms with van der Waals surface area (Å²) >= 11 is 0. The van der Waals surface area contributed by atoms with Crippen molar-refractivity contribution in [3.05, 3.63) is 60.2 Å². The van der Waals surface area contributed by atoms with Crippen LogP contribution >= 0.6 is 0 Å². The van der Waals surface area contributed by atoms with Crippen LogP contribution in [0.4, 0.5) is 0 Å². The van der Waals surface area contributed by atoms with Gasteiger partial charge < -0.3 is 38.3 Å². The number of carbonyl (C=O) groups is 7. The van der Waals surface area contributed by atoms with Crippen molar-refractivity contribution in [1.82, 2.24) is 0 Å². The van der Waals surface area contributed by atoms with Crippen LogP contribution in [0.1, 0.15) is 86.0 Å². The number of fused-ring (bicyclic) bond motifs is 1. The lowest BCUT2D eigenvalue weighted by atomic mass is 9.71. The van der Waals surface area contributed by atoms with Crippen LogP contribution in [0.25, 0.3) is 0 Å². The Morgan fingerprint density at radius 3 is 1.67 bits per heavy atom. The summed E-state index contributed by atoms with van der Waals surface area (Å²) in [6, 6.07) is 7.75. The maximum Gasteiger partial charge on any atom is 0.338 e. The number of carbonyl (C=O) groups excluding carboxylic acids is 7. The summed E-state index contributed by atoms with van der Waals surface area (Å²) in [5.74, 6) is -8.76. The van der Waals surface area contributed by atoms with E-state index in [2.05, 4.69) is 6.58 Å². The summed E-state index contributed by atoms with van der Waals surface area (Å²) in [4.78, 5) is 90.5. The first-order valence-electron chi connectivity index (χ1n) is 17.4. The number of ether oxygens (including phenoxy) is 7. The van der Waals surface area contributed by atoms with Crippen molar-refractivity contribution in [3.63, 3.8) is 0 Å². The number of rotatable bonds is 8. The van der Waals surface area contributed by atoms with Gasteiger partial charge in [-0.3, -0.25) is 28.8 Å². The van der Waals surface area contributed by atoms with Gasteiger partial charge in [0, 0.05) is 64.9 Å². The topological polar surface area (TPSA) is 204 Å². The normalized spacial score (nSPS) is 31.9. The molecule has 1 aromatic carbocycles. The molecule has 2 aliphatic rings. The second-order valence-electron chi connectivity index (χ2n) is 14.6. The smallest absolute Gasteiger partial charge is 0.338 e. The Bertz CT molecular complexity index is 1660. The highest BCUT2D eigenvalue weighted by molar-refractivity contribution is 5.89. The molecule has 1 N–H and O–H groups in total. The third-order valence-electron chi connectivity index (χ3n) is 9.42. The van der Waals surface area contributed by atoms with Crippen molar-refractivity contribution in [3.8, 4) is 0 Å². The predicted octanol–water partition coefficient (Wildman–Crippen LogP) is 3.73. The fourth-order valence-electron chi connectivity index (χ4n) is 7.50. The summed E-state index contributed by atoms with van der Waals surface area (Å²) in [6.07, 6.45) is -7.30. The van der Waals surface area contributed by atoms with E-state index in [0.717, 1.165) is 41.5 Å². The number of esters is 7. The summed E-state index contributed by atoms with van der Waals surface area (Å²) in [5.41, 5.74) is -5.80. The molecule has 1 fully saturated rings. The first-order valence-corrected chi connectivity index (χ1v) is 17.4. The van der Waals surface area contributed by atoms with Crippen LogP contribution in [-0.2, 0) is 61.9 Å². The van der Waals surface area contributed by atoms with Gasteiger partial charge in [0.15, 0.2) is 24.4 Å². The Balaban J connectivity index is 2.56. The minimum absolute atomic E-state index is 0.0705. The lowest BCUT2D eigenvalue weighted by Crippen LogP contribution is -2.60. The molecule has 15 heteroatoms. The number of hydrogen-bond donors (Lipinski definition) is 1. The second-order valence-corrected chi connectivity index (χ2v) is 14.6. The van der Waals surface area contributed by atoms with Crippen LogP contribution in [0.2, 0.25) is 0 Å². The molecule has 0 aliphatic heterocycles. The summed E-state index contributed by atoms with van der Waals surface area (Å²) in [6.45, 7) is 16.9. The van der Waals surface area contributed by atoms with Crippen molar-refractivity contribution in [2.75, 3.05) is 0 Å². The van der Waals surface area contributed by atoms with E-state index in [1.54, 1.807) is 51.1 Å². The molecule has 0 bridgehead atoms. The molecule has 0 unspecified atom stereocenters. The van der Waals surface area contributed by atoms with Crippen LogP contribution in [0.5, 0.6) is 0 Å². The lowest BCUT2D eigenvalue weighted by molar-refractivity contribution is -0.198. The Morgan fingerprint density at radius 2 is 1.17 bits per heavy atom. The quantitative estimate of drug-likeness (QED) is 0.228. The van der Waals surface area contributed by atoms with Crippen LogP contribution in [0.3, 0.4) is 0 Å². The number of hydrogen-bond acceptors (Lipinski definition) is 15. The zero-order chi connectivity index (χ0) is 40.9. The molecule has 0 aromatic heterocycles. The molecule has 0 amide bonds. The van der Waals surface area contributed by atoms with E-state index in [4.69, 9.17) is 33.2 Å². The molecular formula is C39H50O15. The third kappa shape index (κ3) is 9.92. The fraction of sp³-hybridized carbons (Fsp3) is 0.564. The van der Waals surface area contributed by atoms with Crippen molar-refractivity contribution in [1.29, 1.82) is 0 Å². The minimum Gasteiger partial charge on any atom is -0.459 e. The second kappa shape index (κ2) is 17.0. The molecule has 15 nitrogen and oxygen atoms in total. The van der Waals surface area contributed by atoms with Crippen LogP contribution in [0, 0.1) is 17.3 Å². The lowest BCUT2D eigenvalue weighted by Gasteiger charge is -2.46. The Labute approximate surface area is 314 Å². The van der Waals surface area contributed by atoms with Crippen molar-refractivity contribution < 1.29 is 71.8 Å². The van der Waals surface area contributed by atoms with Gasteiger partial charge >= 0.3 is 41.8 Å². The van der Waals surface area contributed by atoms with Crippen molar-refractivity contribution in [2.24, 2.45) is 17.3 Å². The Kier molecular flexibility index (Phi) is 13.6. The number of benzene rings is 1. The summed E-state index contributed by atoms with van der Waals surface area (Å²) < 4.78 is 40.9. The SMILES string of the molecule is C=C1[C@H](OC(C)=O)[C@@H](OC(C)=O)[C@@H](OC(C)=O)C(C)(C)C=C[C@H](C)[C@H](OC(C)=O)[C@@]2(O)C[C@@](C)(OC(C)=O)[C@H](OC(=O)c3ccccc3)[C@@H]2[C@H]1OC(C)=O. The van der Waals surface area contributed by atoms with Gasteiger partial charge in [-0.1, -0.05) is 57.7 Å². The number of aliphatic hydroxyl groups is 1. The molecule has 0 radical (unpaired) electrons. The average molecular weight is 759 g/mol. The monoisotopic (exact) mass is 758 g/mol. The van der Waals surface area contributed by atoms with Crippen LogP contribution in [-0.4, -0.2) is 94.7 Å². The van der Waals surface area contributed by atoms with E-state index in [9.17, 15) is 38.7 Å². The largest absolute Gasteiger partial charge is 0.459 e. The summed E-state index contributed by atoms with van der Waals surface area (Å²) in [7, 11) is 0. The van der Waals surface area contributed by atoms with E-state index in [1.807, 2.05) is 0 Å². The molecule has 0 spiro atoms. The average Bonchev–Trinajstić information content (AvgIpc) is 3.25.